The van der Waals surface area contributed by atoms with Crippen LogP contribution in [-0.2, 0) is 32.2 Å². The molecule has 1 saturated heterocycles. The van der Waals surface area contributed by atoms with Crippen LogP contribution in [0.5, 0.6) is 0 Å². The Labute approximate surface area is 188 Å². The first kappa shape index (κ1) is 21.9. The molecule has 10 nitrogen and oxygen atoms in total. The largest absolute Gasteiger partial charge is 0.465 e. The molecule has 3 heterocycles. The summed E-state index contributed by atoms with van der Waals surface area (Å²) in [4.78, 5) is 49.8. The van der Waals surface area contributed by atoms with Crippen LogP contribution in [-0.4, -0.2) is 47.1 Å². The van der Waals surface area contributed by atoms with E-state index >= 15 is 0 Å². The van der Waals surface area contributed by atoms with Gasteiger partial charge >= 0.3 is 18.0 Å². The lowest BCUT2D eigenvalue weighted by molar-refractivity contribution is -0.143. The summed E-state index contributed by atoms with van der Waals surface area (Å²) in [5.41, 5.74) is 1.53. The lowest BCUT2D eigenvalue weighted by atomic mass is 10.1. The molecule has 1 aromatic carbocycles. The van der Waals surface area contributed by atoms with Crippen LogP contribution >= 0.6 is 0 Å². The number of hydrogen-bond donors (Lipinski definition) is 1. The lowest BCUT2D eigenvalue weighted by Crippen LogP contribution is -2.30. The molecule has 33 heavy (non-hydrogen) atoms. The molecule has 10 heteroatoms. The second-order valence-corrected chi connectivity index (χ2v) is 7.17. The molecule has 1 fully saturated rings. The highest BCUT2D eigenvalue weighted by atomic mass is 16.5. The molecule has 0 aliphatic carbocycles. The second kappa shape index (κ2) is 9.03. The van der Waals surface area contributed by atoms with Crippen molar-refractivity contribution in [2.24, 2.45) is 0 Å². The molecule has 0 radical (unpaired) electrons. The van der Waals surface area contributed by atoms with Crippen LogP contribution in [0.2, 0.25) is 0 Å². The van der Waals surface area contributed by atoms with Crippen molar-refractivity contribution in [3.8, 4) is 0 Å². The molecule has 0 bridgehead atoms. The number of methoxy groups -OCH3 is 1. The third kappa shape index (κ3) is 4.36. The van der Waals surface area contributed by atoms with Crippen LogP contribution in [0.3, 0.4) is 0 Å². The molecule has 1 aliphatic heterocycles. The van der Waals surface area contributed by atoms with Gasteiger partial charge in [-0.3, -0.25) is 14.5 Å². The van der Waals surface area contributed by atoms with Gasteiger partial charge in [-0.05, 0) is 31.2 Å². The smallest absolute Gasteiger partial charge is 0.373 e. The van der Waals surface area contributed by atoms with Crippen molar-refractivity contribution in [2.75, 3.05) is 13.7 Å². The highest BCUT2D eigenvalue weighted by Gasteiger charge is 2.34. The van der Waals surface area contributed by atoms with Gasteiger partial charge in [-0.2, -0.15) is 0 Å². The van der Waals surface area contributed by atoms with E-state index in [1.54, 1.807) is 23.8 Å². The van der Waals surface area contributed by atoms with Crippen molar-refractivity contribution in [1.82, 2.24) is 14.8 Å². The zero-order valence-electron chi connectivity index (χ0n) is 18.0. The van der Waals surface area contributed by atoms with Crippen LogP contribution in [0.15, 0.2) is 52.7 Å². The van der Waals surface area contributed by atoms with E-state index in [-0.39, 0.29) is 42.9 Å². The molecule has 4 rings (SSSR count). The number of rotatable bonds is 7. The quantitative estimate of drug-likeness (QED) is 0.333. The van der Waals surface area contributed by atoms with E-state index in [4.69, 9.17) is 9.15 Å². The SMILES string of the molecule is CCOC(=O)Cn1cc(/C=C2\NC(=O)N(Cc3ccc(C(=O)OC)o3)C2=O)c2ccccc21. The molecule has 0 atom stereocenters. The first-order chi connectivity index (χ1) is 15.9. The topological polar surface area (TPSA) is 120 Å². The minimum Gasteiger partial charge on any atom is -0.465 e. The summed E-state index contributed by atoms with van der Waals surface area (Å²) in [6.45, 7) is 1.89. The fraction of sp³-hybridized carbons (Fsp3) is 0.217. The number of fused-ring (bicyclic) bond motifs is 1. The molecule has 0 saturated carbocycles. The van der Waals surface area contributed by atoms with Crippen molar-refractivity contribution in [2.45, 2.75) is 20.0 Å². The van der Waals surface area contributed by atoms with E-state index in [1.165, 1.54) is 19.2 Å². The maximum absolute atomic E-state index is 12.9. The summed E-state index contributed by atoms with van der Waals surface area (Å²) in [6, 6.07) is 9.70. The predicted octanol–water partition coefficient (Wildman–Crippen LogP) is 2.68. The Morgan fingerprint density at radius 1 is 1.15 bits per heavy atom. The number of hydrogen-bond acceptors (Lipinski definition) is 7. The Kier molecular flexibility index (Phi) is 5.99. The Morgan fingerprint density at radius 3 is 2.70 bits per heavy atom. The number of carbonyl (C=O) groups is 4. The molecule has 170 valence electrons. The average Bonchev–Trinajstić information content (AvgIpc) is 3.48. The number of amides is 3. The van der Waals surface area contributed by atoms with Crippen LogP contribution in [0, 0.1) is 0 Å². The zero-order chi connectivity index (χ0) is 23.5. The number of esters is 2. The molecule has 0 spiro atoms. The average molecular weight is 451 g/mol. The molecule has 1 aliphatic rings. The predicted molar refractivity (Wildman–Crippen MR) is 116 cm³/mol. The monoisotopic (exact) mass is 451 g/mol. The van der Waals surface area contributed by atoms with Crippen molar-refractivity contribution in [3.63, 3.8) is 0 Å². The summed E-state index contributed by atoms with van der Waals surface area (Å²) in [5.74, 6) is -1.34. The van der Waals surface area contributed by atoms with E-state index in [9.17, 15) is 19.2 Å². The molecule has 3 aromatic rings. The third-order valence-electron chi connectivity index (χ3n) is 5.05. The van der Waals surface area contributed by atoms with Gasteiger partial charge in [0.05, 0.1) is 20.3 Å². The zero-order valence-corrected chi connectivity index (χ0v) is 18.0. The number of nitrogens with zero attached hydrogens (tertiary/aromatic N) is 2. The van der Waals surface area contributed by atoms with Crippen LogP contribution < -0.4 is 5.32 Å². The van der Waals surface area contributed by atoms with E-state index in [0.29, 0.717) is 5.56 Å². The summed E-state index contributed by atoms with van der Waals surface area (Å²) < 4.78 is 16.7. The fourth-order valence-electron chi connectivity index (χ4n) is 3.57. The van der Waals surface area contributed by atoms with Gasteiger partial charge in [0.25, 0.3) is 5.91 Å². The van der Waals surface area contributed by atoms with Gasteiger partial charge in [-0.1, -0.05) is 18.2 Å². The second-order valence-electron chi connectivity index (χ2n) is 7.17. The number of aromatic nitrogens is 1. The molecular weight excluding hydrogens is 430 g/mol. The van der Waals surface area contributed by atoms with Crippen molar-refractivity contribution < 1.29 is 33.1 Å². The Morgan fingerprint density at radius 2 is 1.94 bits per heavy atom. The van der Waals surface area contributed by atoms with E-state index in [1.807, 2.05) is 24.3 Å². The third-order valence-corrected chi connectivity index (χ3v) is 5.05. The van der Waals surface area contributed by atoms with Gasteiger partial charge in [-0.25, -0.2) is 9.59 Å². The van der Waals surface area contributed by atoms with E-state index < -0.39 is 17.9 Å². The van der Waals surface area contributed by atoms with Crippen LogP contribution in [0.1, 0.15) is 28.8 Å². The minimum absolute atomic E-state index is 0.0188. The summed E-state index contributed by atoms with van der Waals surface area (Å²) in [5, 5.41) is 3.37. The molecular formula is C23H21N3O7. The standard InChI is InChI=1S/C23H21N3O7/c1-3-32-20(27)13-25-11-14(16-6-4-5-7-18(16)25)10-17-21(28)26(23(30)24-17)12-15-8-9-19(33-15)22(29)31-2/h4-11H,3,12-13H2,1-2H3,(H,24,30)/b17-10-. The van der Waals surface area contributed by atoms with Gasteiger partial charge in [0.15, 0.2) is 0 Å². The fourth-order valence-corrected chi connectivity index (χ4v) is 3.57. The van der Waals surface area contributed by atoms with Gasteiger partial charge < -0.3 is 23.8 Å². The number of nitrogens with one attached hydrogen (secondary N) is 1. The van der Waals surface area contributed by atoms with E-state index in [0.717, 1.165) is 15.8 Å². The van der Waals surface area contributed by atoms with Crippen molar-refractivity contribution in [3.05, 3.63) is 65.4 Å². The molecule has 2 aromatic heterocycles. The number of carbonyl (C=O) groups excluding carboxylic acids is 4. The Balaban J connectivity index is 1.59. The number of furan rings is 1. The maximum atomic E-state index is 12.9. The summed E-state index contributed by atoms with van der Waals surface area (Å²) >= 11 is 0. The van der Waals surface area contributed by atoms with Crippen LogP contribution in [0.25, 0.3) is 17.0 Å². The first-order valence-electron chi connectivity index (χ1n) is 10.2. The number of benzene rings is 1. The van der Waals surface area contributed by atoms with Crippen molar-refractivity contribution in [1.29, 1.82) is 0 Å². The Hall–Kier alpha value is -4.34. The van der Waals surface area contributed by atoms with Gasteiger partial charge in [0.2, 0.25) is 5.76 Å². The summed E-state index contributed by atoms with van der Waals surface area (Å²) in [6.07, 6.45) is 3.29. The van der Waals surface area contributed by atoms with E-state index in [2.05, 4.69) is 10.1 Å². The van der Waals surface area contributed by atoms with Gasteiger partial charge in [-0.15, -0.1) is 0 Å². The minimum atomic E-state index is -0.654. The highest BCUT2D eigenvalue weighted by Crippen LogP contribution is 2.25. The van der Waals surface area contributed by atoms with Gasteiger partial charge in [0.1, 0.15) is 18.0 Å². The van der Waals surface area contributed by atoms with Crippen LogP contribution in [0.4, 0.5) is 4.79 Å². The maximum Gasteiger partial charge on any atom is 0.373 e. The molecule has 0 unspecified atom stereocenters. The molecule has 1 N–H and O–H groups in total. The first-order valence-corrected chi connectivity index (χ1v) is 10.2. The number of urea groups is 1. The molecule has 3 amide bonds. The number of ether oxygens (including phenoxy) is 2. The lowest BCUT2D eigenvalue weighted by Gasteiger charge is -2.09. The van der Waals surface area contributed by atoms with Crippen molar-refractivity contribution >= 4 is 40.9 Å². The normalized spacial score (nSPS) is 14.7. The number of imide groups is 1. The number of para-hydroxylation sites is 1. The summed E-state index contributed by atoms with van der Waals surface area (Å²) in [7, 11) is 1.22. The Bertz CT molecular complexity index is 1280. The van der Waals surface area contributed by atoms with Gasteiger partial charge in [0, 0.05) is 22.7 Å². The highest BCUT2D eigenvalue weighted by molar-refractivity contribution is 6.14.